The summed E-state index contributed by atoms with van der Waals surface area (Å²) in [6.45, 7) is 7.71. The van der Waals surface area contributed by atoms with Gasteiger partial charge in [0.25, 0.3) is 0 Å². The molecule has 1 atom stereocenters. The molecule has 0 aromatic heterocycles. The molecule has 0 heterocycles. The predicted octanol–water partition coefficient (Wildman–Crippen LogP) is 1.11. The van der Waals surface area contributed by atoms with Crippen LogP contribution in [0.25, 0.3) is 0 Å². The standard InChI is InChI=1S/C10H23NO3S/c1-5-8-15(13,14)11-9(6-7-12)10(2,3)4/h9,11-12H,5-8H2,1-4H3. The van der Waals surface area contributed by atoms with Gasteiger partial charge in [0.2, 0.25) is 10.0 Å². The largest absolute Gasteiger partial charge is 0.396 e. The third kappa shape index (κ3) is 6.12. The maximum Gasteiger partial charge on any atom is 0.211 e. The van der Waals surface area contributed by atoms with Gasteiger partial charge in [-0.2, -0.15) is 0 Å². The number of aliphatic hydroxyl groups excluding tert-OH is 1. The van der Waals surface area contributed by atoms with Crippen molar-refractivity contribution in [2.24, 2.45) is 5.41 Å². The van der Waals surface area contributed by atoms with Gasteiger partial charge in [0, 0.05) is 12.6 Å². The highest BCUT2D eigenvalue weighted by molar-refractivity contribution is 7.89. The first-order valence-electron chi connectivity index (χ1n) is 5.34. The van der Waals surface area contributed by atoms with Crippen LogP contribution in [-0.4, -0.2) is 31.9 Å². The molecule has 0 saturated carbocycles. The van der Waals surface area contributed by atoms with Gasteiger partial charge in [-0.05, 0) is 18.3 Å². The quantitative estimate of drug-likeness (QED) is 0.727. The lowest BCUT2D eigenvalue weighted by Gasteiger charge is -2.30. The van der Waals surface area contributed by atoms with E-state index >= 15 is 0 Å². The molecule has 5 heteroatoms. The van der Waals surface area contributed by atoms with Crippen molar-refractivity contribution in [3.05, 3.63) is 0 Å². The third-order valence-electron chi connectivity index (χ3n) is 2.26. The monoisotopic (exact) mass is 237 g/mol. The Morgan fingerprint density at radius 2 is 1.87 bits per heavy atom. The molecule has 15 heavy (non-hydrogen) atoms. The summed E-state index contributed by atoms with van der Waals surface area (Å²) in [5.74, 6) is 0.144. The Balaban J connectivity index is 4.55. The number of hydrogen-bond donors (Lipinski definition) is 2. The van der Waals surface area contributed by atoms with E-state index in [0.29, 0.717) is 12.8 Å². The molecule has 0 fully saturated rings. The van der Waals surface area contributed by atoms with Crippen LogP contribution in [0.1, 0.15) is 40.5 Å². The molecular formula is C10H23NO3S. The molecule has 4 nitrogen and oxygen atoms in total. The Bertz CT molecular complexity index is 267. The average molecular weight is 237 g/mol. The van der Waals surface area contributed by atoms with Crippen LogP contribution < -0.4 is 4.72 Å². The van der Waals surface area contributed by atoms with E-state index in [-0.39, 0.29) is 23.8 Å². The molecule has 2 N–H and O–H groups in total. The van der Waals surface area contributed by atoms with Crippen molar-refractivity contribution in [3.8, 4) is 0 Å². The van der Waals surface area contributed by atoms with Crippen LogP contribution >= 0.6 is 0 Å². The van der Waals surface area contributed by atoms with Crippen molar-refractivity contribution in [2.75, 3.05) is 12.4 Å². The topological polar surface area (TPSA) is 66.4 Å². The lowest BCUT2D eigenvalue weighted by Crippen LogP contribution is -2.45. The summed E-state index contributed by atoms with van der Waals surface area (Å²) < 4.78 is 25.8. The van der Waals surface area contributed by atoms with Crippen molar-refractivity contribution in [3.63, 3.8) is 0 Å². The molecule has 92 valence electrons. The normalized spacial score (nSPS) is 15.3. The summed E-state index contributed by atoms with van der Waals surface area (Å²) in [5, 5.41) is 8.89. The fraction of sp³-hybridized carbons (Fsp3) is 1.00. The van der Waals surface area contributed by atoms with Crippen LogP contribution in [0.3, 0.4) is 0 Å². The van der Waals surface area contributed by atoms with E-state index in [0.717, 1.165) is 0 Å². The molecule has 0 rings (SSSR count). The Morgan fingerprint density at radius 1 is 1.33 bits per heavy atom. The summed E-state index contributed by atoms with van der Waals surface area (Å²) in [4.78, 5) is 0. The average Bonchev–Trinajstić information content (AvgIpc) is 2.01. The number of sulfonamides is 1. The number of hydrogen-bond acceptors (Lipinski definition) is 3. The molecule has 0 amide bonds. The van der Waals surface area contributed by atoms with Crippen molar-refractivity contribution in [1.82, 2.24) is 4.72 Å². The Morgan fingerprint density at radius 3 is 2.20 bits per heavy atom. The molecular weight excluding hydrogens is 214 g/mol. The summed E-state index contributed by atoms with van der Waals surface area (Å²) in [5.41, 5.74) is -0.177. The van der Waals surface area contributed by atoms with Crippen molar-refractivity contribution >= 4 is 10.0 Å². The van der Waals surface area contributed by atoms with Gasteiger partial charge in [0.1, 0.15) is 0 Å². The SMILES string of the molecule is CCCS(=O)(=O)NC(CCO)C(C)(C)C. The fourth-order valence-corrected chi connectivity index (χ4v) is 2.90. The fourth-order valence-electron chi connectivity index (χ4n) is 1.34. The maximum absolute atomic E-state index is 11.6. The smallest absolute Gasteiger partial charge is 0.211 e. The number of rotatable bonds is 6. The van der Waals surface area contributed by atoms with E-state index in [4.69, 9.17) is 5.11 Å². The second-order valence-electron chi connectivity index (χ2n) is 4.87. The molecule has 0 aliphatic carbocycles. The maximum atomic E-state index is 11.6. The van der Waals surface area contributed by atoms with E-state index in [1.165, 1.54) is 0 Å². The minimum atomic E-state index is -3.20. The van der Waals surface area contributed by atoms with Crippen molar-refractivity contribution < 1.29 is 13.5 Å². The Labute approximate surface area is 93.1 Å². The van der Waals surface area contributed by atoms with Gasteiger partial charge < -0.3 is 5.11 Å². The zero-order valence-corrected chi connectivity index (χ0v) is 10.9. The molecule has 1 unspecified atom stereocenters. The molecule has 0 aliphatic heterocycles. The van der Waals surface area contributed by atoms with Crippen LogP contribution in [0.4, 0.5) is 0 Å². The lowest BCUT2D eigenvalue weighted by molar-refractivity contribution is 0.214. The highest BCUT2D eigenvalue weighted by atomic mass is 32.2. The van der Waals surface area contributed by atoms with Gasteiger partial charge in [0.15, 0.2) is 0 Å². The first kappa shape index (κ1) is 14.9. The van der Waals surface area contributed by atoms with Crippen LogP contribution in [0, 0.1) is 5.41 Å². The minimum Gasteiger partial charge on any atom is -0.396 e. The zero-order chi connectivity index (χ0) is 12.1. The zero-order valence-electron chi connectivity index (χ0n) is 10.1. The summed E-state index contributed by atoms with van der Waals surface area (Å²) in [7, 11) is -3.20. The number of aliphatic hydroxyl groups is 1. The van der Waals surface area contributed by atoms with E-state index in [1.54, 1.807) is 0 Å². The molecule has 0 spiro atoms. The van der Waals surface area contributed by atoms with E-state index < -0.39 is 10.0 Å². The molecule has 0 bridgehead atoms. The molecule has 0 aliphatic rings. The van der Waals surface area contributed by atoms with Crippen LogP contribution in [0.15, 0.2) is 0 Å². The van der Waals surface area contributed by atoms with Crippen molar-refractivity contribution in [2.45, 2.75) is 46.6 Å². The predicted molar refractivity (Wildman–Crippen MR) is 62.2 cm³/mol. The number of nitrogens with one attached hydrogen (secondary N) is 1. The van der Waals surface area contributed by atoms with Gasteiger partial charge in [-0.3, -0.25) is 0 Å². The summed E-state index contributed by atoms with van der Waals surface area (Å²) in [6.07, 6.45) is 1.05. The molecule has 0 saturated heterocycles. The van der Waals surface area contributed by atoms with Crippen LogP contribution in [0.5, 0.6) is 0 Å². The van der Waals surface area contributed by atoms with Crippen LogP contribution in [0.2, 0.25) is 0 Å². The van der Waals surface area contributed by atoms with Crippen LogP contribution in [-0.2, 0) is 10.0 Å². The molecule has 0 aromatic rings. The summed E-state index contributed by atoms with van der Waals surface area (Å²) in [6, 6.07) is -0.209. The first-order chi connectivity index (χ1) is 6.73. The van der Waals surface area contributed by atoms with Gasteiger partial charge >= 0.3 is 0 Å². The highest BCUT2D eigenvalue weighted by Gasteiger charge is 2.27. The lowest BCUT2D eigenvalue weighted by atomic mass is 9.86. The van der Waals surface area contributed by atoms with E-state index in [1.807, 2.05) is 27.7 Å². The van der Waals surface area contributed by atoms with E-state index in [2.05, 4.69) is 4.72 Å². The minimum absolute atomic E-state index is 0.00339. The molecule has 0 radical (unpaired) electrons. The third-order valence-corrected chi connectivity index (χ3v) is 3.85. The Kier molecular flexibility index (Phi) is 5.77. The van der Waals surface area contributed by atoms with E-state index in [9.17, 15) is 8.42 Å². The first-order valence-corrected chi connectivity index (χ1v) is 6.99. The van der Waals surface area contributed by atoms with Crippen molar-refractivity contribution in [1.29, 1.82) is 0 Å². The highest BCUT2D eigenvalue weighted by Crippen LogP contribution is 2.22. The second-order valence-corrected chi connectivity index (χ2v) is 6.74. The Hall–Kier alpha value is -0.130. The van der Waals surface area contributed by atoms with Gasteiger partial charge in [-0.25, -0.2) is 13.1 Å². The second kappa shape index (κ2) is 5.82. The van der Waals surface area contributed by atoms with Gasteiger partial charge in [0.05, 0.1) is 5.75 Å². The van der Waals surface area contributed by atoms with Gasteiger partial charge in [-0.1, -0.05) is 27.7 Å². The molecule has 0 aromatic carbocycles. The summed E-state index contributed by atoms with van der Waals surface area (Å²) >= 11 is 0. The van der Waals surface area contributed by atoms with Gasteiger partial charge in [-0.15, -0.1) is 0 Å².